The van der Waals surface area contributed by atoms with Crippen LogP contribution in [0.15, 0.2) is 89.9 Å². The number of hydrogen-bond acceptors (Lipinski definition) is 12. The number of allylic oxidation sites excluding steroid dienone is 1. The van der Waals surface area contributed by atoms with Gasteiger partial charge < -0.3 is 46.2 Å². The number of aliphatic hydroxyl groups is 2. The Labute approximate surface area is 398 Å². The molecule has 1 fully saturated rings. The summed E-state index contributed by atoms with van der Waals surface area (Å²) in [5.41, 5.74) is 17.6. The second kappa shape index (κ2) is 22.7. The predicted molar refractivity (Wildman–Crippen MR) is 265 cm³/mol. The molecule has 68 heavy (non-hydrogen) atoms. The Morgan fingerprint density at radius 3 is 2.56 bits per heavy atom. The van der Waals surface area contributed by atoms with Crippen LogP contribution in [-0.2, 0) is 25.2 Å². The highest BCUT2D eigenvalue weighted by Crippen LogP contribution is 2.41. The van der Waals surface area contributed by atoms with Crippen molar-refractivity contribution in [2.75, 3.05) is 56.2 Å². The van der Waals surface area contributed by atoms with Gasteiger partial charge in [-0.05, 0) is 86.3 Å². The Morgan fingerprint density at radius 2 is 1.78 bits per heavy atom. The second-order valence-corrected chi connectivity index (χ2v) is 19.4. The van der Waals surface area contributed by atoms with E-state index in [-0.39, 0.29) is 42.1 Å². The zero-order chi connectivity index (χ0) is 48.5. The number of imidazole rings is 1. The second-order valence-electron chi connectivity index (χ2n) is 17.2. The van der Waals surface area contributed by atoms with Crippen LogP contribution in [0.4, 0.5) is 5.82 Å². The molecule has 1 saturated heterocycles. The van der Waals surface area contributed by atoms with Crippen LogP contribution >= 0.6 is 0 Å². The number of carbonyl (C=O) groups is 3. The molecule has 1 aliphatic carbocycles. The number of aliphatic carboxylic acids is 1. The molecule has 6 atom stereocenters. The number of aliphatic hydroxyl groups excluding tert-OH is 2. The van der Waals surface area contributed by atoms with E-state index in [4.69, 9.17) is 20.6 Å². The highest BCUT2D eigenvalue weighted by molar-refractivity contribution is 7.97. The van der Waals surface area contributed by atoms with Crippen LogP contribution in [0.5, 0.6) is 0 Å². The molecule has 4 heterocycles. The van der Waals surface area contributed by atoms with Crippen molar-refractivity contribution in [1.82, 2.24) is 34.3 Å². The van der Waals surface area contributed by atoms with Gasteiger partial charge in [-0.2, -0.15) is 0 Å². The molecule has 2 unspecified atom stereocenters. The number of amides is 2. The maximum Gasteiger partial charge on any atom is 0.325 e. The number of carboxylic acid groups (broad SMARTS) is 1. The van der Waals surface area contributed by atoms with Crippen LogP contribution in [0.2, 0.25) is 0 Å². The van der Waals surface area contributed by atoms with E-state index >= 15 is 0 Å². The summed E-state index contributed by atoms with van der Waals surface area (Å²) < 4.78 is 16.4. The van der Waals surface area contributed by atoms with Crippen molar-refractivity contribution in [2.45, 2.75) is 83.5 Å². The summed E-state index contributed by atoms with van der Waals surface area (Å²) in [4.78, 5) is 52.7. The highest BCUT2D eigenvalue weighted by atomic mass is 32.2. The molecule has 8 N–H and O–H groups in total. The van der Waals surface area contributed by atoms with Gasteiger partial charge >= 0.3 is 5.97 Å². The molecule has 2 aliphatic heterocycles. The van der Waals surface area contributed by atoms with E-state index < -0.39 is 47.4 Å². The van der Waals surface area contributed by atoms with Crippen molar-refractivity contribution in [3.8, 4) is 22.5 Å². The number of carboxylic acids is 1. The Bertz CT molecular complexity index is 2810. The molecular weight excluding hydrogens is 887 g/mol. The number of benzene rings is 3. The number of carbonyl (C=O) groups excluding carboxylic acids is 2. The summed E-state index contributed by atoms with van der Waals surface area (Å²) in [6.07, 6.45) is 5.95. The van der Waals surface area contributed by atoms with E-state index in [1.807, 2.05) is 49.4 Å². The van der Waals surface area contributed by atoms with Crippen LogP contribution < -0.4 is 26.7 Å². The molecule has 17 nitrogen and oxygen atoms in total. The van der Waals surface area contributed by atoms with Gasteiger partial charge in [-0.15, -0.1) is 0 Å². The number of unbranched alkanes of at least 4 members (excludes halogenated alkanes) is 3. The topological polar surface area (TPSA) is 248 Å². The quantitative estimate of drug-likeness (QED) is 0.0196. The van der Waals surface area contributed by atoms with E-state index in [9.17, 15) is 29.7 Å². The lowest BCUT2D eigenvalue weighted by molar-refractivity contribution is -0.138. The summed E-state index contributed by atoms with van der Waals surface area (Å²) in [5, 5.41) is 36.4. The molecule has 0 bridgehead atoms. The molecule has 0 spiro atoms. The van der Waals surface area contributed by atoms with Crippen LogP contribution in [0, 0.1) is 6.92 Å². The normalized spacial score (nSPS) is 18.1. The number of anilines is 1. The Balaban J connectivity index is 0.877. The lowest BCUT2D eigenvalue weighted by atomic mass is 9.90. The maximum atomic E-state index is 14.1. The summed E-state index contributed by atoms with van der Waals surface area (Å²) >= 11 is 0. The molecule has 360 valence electrons. The van der Waals surface area contributed by atoms with Gasteiger partial charge in [-0.3, -0.25) is 19.0 Å². The van der Waals surface area contributed by atoms with Crippen LogP contribution in [0.1, 0.15) is 68.1 Å². The molecule has 0 saturated carbocycles. The first-order valence-electron chi connectivity index (χ1n) is 23.2. The Hall–Kier alpha value is -6.18. The van der Waals surface area contributed by atoms with E-state index in [1.54, 1.807) is 11.9 Å². The van der Waals surface area contributed by atoms with Gasteiger partial charge in [-0.1, -0.05) is 42.8 Å². The van der Waals surface area contributed by atoms with Crippen LogP contribution in [0.25, 0.3) is 44.6 Å². The number of nitrogens with zero attached hydrogens (tertiary/aromatic N) is 6. The van der Waals surface area contributed by atoms with Gasteiger partial charge in [0.2, 0.25) is 11.3 Å². The Morgan fingerprint density at radius 1 is 0.985 bits per heavy atom. The van der Waals surface area contributed by atoms with Crippen molar-refractivity contribution < 1.29 is 38.9 Å². The molecule has 2 aromatic carbocycles. The standard InChI is InChI=1S/C50H61N9O8S/c1-5-58(6-2)32-18-20-36-39(26-32)66-38-25-31(3)17-19-35(38)42(36)33-15-11-12-16-34(33)48(63)57(4)23-21-41(60)53-22-13-9-7-8-10-14-24-68(27-37(51)50(64)65)28-40-44(61)45(62)49(67-40)59-30-56-43-46(52)54-29-55-47(43)59/h10-12,14-20,25-26,29-30,37,40,44-45,49,61-62H,5-9,13,21-24,27-28,51H2,1-4H3,(H2-2,52,53,54,55,60,64,65)/p+2/b14-10+/t37-,40+,44?,45-,49+,68?/m0/s1. The van der Waals surface area contributed by atoms with E-state index in [0.29, 0.717) is 29.0 Å². The third-order valence-corrected chi connectivity index (χ3v) is 14.7. The van der Waals surface area contributed by atoms with Crippen molar-refractivity contribution in [1.29, 1.82) is 0 Å². The van der Waals surface area contributed by atoms with Gasteiger partial charge in [0.05, 0.1) is 12.4 Å². The molecule has 2 aromatic heterocycles. The fraction of sp³-hybridized carbons (Fsp3) is 0.420. The third-order valence-electron chi connectivity index (χ3n) is 12.4. The Kier molecular flexibility index (Phi) is 16.6. The summed E-state index contributed by atoms with van der Waals surface area (Å²) in [6, 6.07) is 18.9. The minimum atomic E-state index is -1.29. The maximum absolute atomic E-state index is 14.1. The number of nitrogens with one attached hydrogen (secondary N) is 1. The molecule has 4 aromatic rings. The number of aromatic nitrogens is 4. The van der Waals surface area contributed by atoms with Crippen molar-refractivity contribution in [2.24, 2.45) is 5.73 Å². The lowest BCUT2D eigenvalue weighted by Crippen LogP contribution is -2.42. The predicted octanol–water partition coefficient (Wildman–Crippen LogP) is 4.09. The number of nitrogen functional groups attached to an aromatic ring is 1. The molecule has 0 radical (unpaired) electrons. The number of rotatable bonds is 21. The van der Waals surface area contributed by atoms with Crippen LogP contribution in [-0.4, -0.2) is 132 Å². The first kappa shape index (κ1) is 49.7. The number of aryl methyl sites for hydroxylation is 1. The number of hydrogen-bond donors (Lipinski definition) is 6. The highest BCUT2D eigenvalue weighted by Gasteiger charge is 2.47. The smallest absolute Gasteiger partial charge is 0.325 e. The van der Waals surface area contributed by atoms with Crippen molar-refractivity contribution in [3.05, 3.63) is 102 Å². The van der Waals surface area contributed by atoms with E-state index in [1.165, 1.54) is 17.2 Å². The zero-order valence-corrected chi connectivity index (χ0v) is 39.9. The molecule has 2 amide bonds. The van der Waals surface area contributed by atoms with Crippen molar-refractivity contribution in [3.63, 3.8) is 0 Å². The van der Waals surface area contributed by atoms with Gasteiger partial charge in [0.25, 0.3) is 5.91 Å². The van der Waals surface area contributed by atoms with Crippen molar-refractivity contribution >= 4 is 56.6 Å². The summed E-state index contributed by atoms with van der Waals surface area (Å²) in [6.45, 7) is 8.79. The van der Waals surface area contributed by atoms with Gasteiger partial charge in [0.1, 0.15) is 77.9 Å². The van der Waals surface area contributed by atoms with E-state index in [0.717, 1.165) is 83.1 Å². The molecule has 3 aliphatic rings. The van der Waals surface area contributed by atoms with Gasteiger partial charge in [0.15, 0.2) is 17.7 Å². The first-order chi connectivity index (χ1) is 32.8. The lowest BCUT2D eigenvalue weighted by Gasteiger charge is -2.21. The van der Waals surface area contributed by atoms with Gasteiger partial charge in [-0.25, -0.2) is 19.5 Å². The number of nitrogens with two attached hydrogens (primary N) is 2. The third kappa shape index (κ3) is 11.4. The minimum Gasteiger partial charge on any atom is -0.480 e. The number of ether oxygens (including phenoxy) is 1. The monoisotopic (exact) mass is 949 g/mol. The SMILES string of the molecule is CC[N+](CC)=c1ccc2c(-c3ccccc3C(=O)N(C)CCC(=O)NCCCCC/C=C/C[S+](C[C@H](N)C(=O)O)C[C@H]3O[C@@H](n4cnc5c(N)ncnc54)[C@@H](O)C3O)c3ccc(C)cc3oc-2c1. The van der Waals surface area contributed by atoms with Gasteiger partial charge in [0, 0.05) is 54.7 Å². The first-order valence-corrected chi connectivity index (χ1v) is 24.9. The average molecular weight is 950 g/mol. The fourth-order valence-corrected chi connectivity index (χ4v) is 10.8. The fourth-order valence-electron chi connectivity index (χ4n) is 8.64. The summed E-state index contributed by atoms with van der Waals surface area (Å²) in [5.74, 6) is 0.496. The average Bonchev–Trinajstić information content (AvgIpc) is 3.89. The number of fused-ring (bicyclic) bond motifs is 3. The summed E-state index contributed by atoms with van der Waals surface area (Å²) in [7, 11) is 1.14. The molecular formula is C50H63N9O8S+2. The zero-order valence-electron chi connectivity index (χ0n) is 39.1. The van der Waals surface area contributed by atoms with Crippen LogP contribution in [0.3, 0.4) is 0 Å². The molecule has 7 rings (SSSR count). The molecule has 18 heteroatoms. The largest absolute Gasteiger partial charge is 0.480 e. The minimum absolute atomic E-state index is 0.127. The van der Waals surface area contributed by atoms with E-state index in [2.05, 4.69) is 69.0 Å².